The second-order valence-corrected chi connectivity index (χ2v) is 3.33. The summed E-state index contributed by atoms with van der Waals surface area (Å²) in [4.78, 5) is 0. The van der Waals surface area contributed by atoms with Gasteiger partial charge in [-0.15, -0.1) is 0 Å². The average Bonchev–Trinajstić information content (AvgIpc) is 2.04. The molecule has 0 nitrogen and oxygen atoms in total. The third-order valence-corrected chi connectivity index (χ3v) is 2.01. The van der Waals surface area contributed by atoms with Crippen molar-refractivity contribution in [2.45, 2.75) is 19.3 Å². The van der Waals surface area contributed by atoms with Gasteiger partial charge in [-0.3, -0.25) is 0 Å². The van der Waals surface area contributed by atoms with Gasteiger partial charge in [-0.2, -0.15) is 26.3 Å². The smallest absolute Gasteiger partial charge is 0.166 e. The summed E-state index contributed by atoms with van der Waals surface area (Å²) in [6.45, 7) is 4.03. The van der Waals surface area contributed by atoms with Crippen LogP contribution in [0.5, 0.6) is 0 Å². The van der Waals surface area contributed by atoms with Gasteiger partial charge in [0.25, 0.3) is 0 Å². The van der Waals surface area contributed by atoms with Gasteiger partial charge in [0.2, 0.25) is 0 Å². The summed E-state index contributed by atoms with van der Waals surface area (Å²) in [5, 5.41) is 0. The summed E-state index contributed by atoms with van der Waals surface area (Å²) < 4.78 is 74.3. The van der Waals surface area contributed by atoms with Crippen molar-refractivity contribution in [2.24, 2.45) is 0 Å². The molecule has 0 N–H and O–H groups in total. The van der Waals surface area contributed by atoms with Gasteiger partial charge in [0.05, 0.1) is 11.1 Å². The molecule has 1 radical (unpaired) electrons. The maximum Gasteiger partial charge on any atom is 0.416 e. The Kier molecular flexibility index (Phi) is 2.96. The Morgan fingerprint density at radius 1 is 0.875 bits per heavy atom. The van der Waals surface area contributed by atoms with Gasteiger partial charge in [0.1, 0.15) is 0 Å². The third kappa shape index (κ3) is 2.48. The molecule has 0 spiro atoms. The Bertz CT molecular complexity index is 364. The highest BCUT2D eigenvalue weighted by Crippen LogP contribution is 2.39. The summed E-state index contributed by atoms with van der Waals surface area (Å²) in [6.07, 6.45) is -9.66. The van der Waals surface area contributed by atoms with E-state index in [0.717, 1.165) is 0 Å². The van der Waals surface area contributed by atoms with E-state index in [1.807, 2.05) is 0 Å². The molecule has 16 heavy (non-hydrogen) atoms. The Morgan fingerprint density at radius 3 is 1.44 bits per heavy atom. The van der Waals surface area contributed by atoms with E-state index in [-0.39, 0.29) is 5.56 Å². The fraction of sp³-hybridized carbons (Fsp3) is 0.300. The Morgan fingerprint density at radius 2 is 1.19 bits per heavy atom. The van der Waals surface area contributed by atoms with Crippen molar-refractivity contribution >= 4 is 0 Å². The molecule has 0 aliphatic carbocycles. The molecule has 0 atom stereocenters. The quantitative estimate of drug-likeness (QED) is 0.596. The summed E-state index contributed by atoms with van der Waals surface area (Å²) in [7, 11) is 0. The minimum Gasteiger partial charge on any atom is -0.166 e. The highest BCUT2D eigenvalue weighted by atomic mass is 19.4. The normalized spacial score (nSPS) is 13.0. The first-order valence-electron chi connectivity index (χ1n) is 4.14. The van der Waals surface area contributed by atoms with Crippen molar-refractivity contribution < 1.29 is 26.3 Å². The van der Waals surface area contributed by atoms with Gasteiger partial charge in [-0.25, -0.2) is 0 Å². The van der Waals surface area contributed by atoms with E-state index in [0.29, 0.717) is 12.1 Å². The molecule has 1 rings (SSSR count). The standard InChI is InChI=1S/C10H7F6/c1-5-3-7(9(11,12)13)6(2)8(4-5)10(14,15)16/h3-4H,2H2,1H3. The summed E-state index contributed by atoms with van der Waals surface area (Å²) in [6, 6.07) is 1.30. The summed E-state index contributed by atoms with van der Waals surface area (Å²) >= 11 is 0. The second kappa shape index (κ2) is 3.68. The monoisotopic (exact) mass is 241 g/mol. The van der Waals surface area contributed by atoms with E-state index in [9.17, 15) is 26.3 Å². The molecule has 0 saturated carbocycles. The van der Waals surface area contributed by atoms with Crippen LogP contribution in [0.25, 0.3) is 0 Å². The highest BCUT2D eigenvalue weighted by Gasteiger charge is 2.39. The third-order valence-electron chi connectivity index (χ3n) is 2.01. The molecule has 1 aromatic rings. The molecular weight excluding hydrogens is 234 g/mol. The van der Waals surface area contributed by atoms with Crippen LogP contribution in [0.2, 0.25) is 0 Å². The zero-order chi connectivity index (χ0) is 12.7. The molecule has 0 amide bonds. The number of benzene rings is 1. The first kappa shape index (κ1) is 12.9. The molecule has 0 heterocycles. The van der Waals surface area contributed by atoms with E-state index >= 15 is 0 Å². The van der Waals surface area contributed by atoms with Crippen LogP contribution < -0.4 is 0 Å². The summed E-state index contributed by atoms with van der Waals surface area (Å²) in [5.74, 6) is 0. The lowest BCUT2D eigenvalue weighted by Gasteiger charge is -2.17. The predicted octanol–water partition coefficient (Wildman–Crippen LogP) is 4.21. The van der Waals surface area contributed by atoms with Crippen molar-refractivity contribution in [2.75, 3.05) is 0 Å². The van der Waals surface area contributed by atoms with Gasteiger partial charge in [0.15, 0.2) is 0 Å². The van der Waals surface area contributed by atoms with Gasteiger partial charge >= 0.3 is 12.4 Å². The van der Waals surface area contributed by atoms with Crippen LogP contribution in [0.1, 0.15) is 22.3 Å². The van der Waals surface area contributed by atoms with Gasteiger partial charge in [-0.1, -0.05) is 0 Å². The summed E-state index contributed by atoms with van der Waals surface area (Å²) in [5.41, 5.74) is -3.84. The highest BCUT2D eigenvalue weighted by molar-refractivity contribution is 5.43. The van der Waals surface area contributed by atoms with E-state index in [1.54, 1.807) is 0 Å². The lowest BCUT2D eigenvalue weighted by atomic mass is 9.98. The molecule has 0 bridgehead atoms. The number of halogens is 6. The van der Waals surface area contributed by atoms with E-state index < -0.39 is 29.0 Å². The maximum absolute atomic E-state index is 12.4. The zero-order valence-electron chi connectivity index (χ0n) is 8.13. The van der Waals surface area contributed by atoms with Crippen LogP contribution in [0.15, 0.2) is 12.1 Å². The van der Waals surface area contributed by atoms with E-state index in [2.05, 4.69) is 6.92 Å². The molecule has 0 saturated heterocycles. The molecule has 0 unspecified atom stereocenters. The minimum atomic E-state index is -4.83. The number of hydrogen-bond donors (Lipinski definition) is 0. The van der Waals surface area contributed by atoms with Crippen molar-refractivity contribution in [3.8, 4) is 0 Å². The number of rotatable bonds is 0. The first-order valence-corrected chi connectivity index (χ1v) is 4.14. The molecule has 0 fully saturated rings. The Balaban J connectivity index is 3.51. The minimum absolute atomic E-state index is 0.105. The molecule has 1 aromatic carbocycles. The predicted molar refractivity (Wildman–Crippen MR) is 45.6 cm³/mol. The molecular formula is C10H7F6. The van der Waals surface area contributed by atoms with Crippen LogP contribution >= 0.6 is 0 Å². The molecule has 0 aliphatic rings. The van der Waals surface area contributed by atoms with Crippen molar-refractivity contribution in [3.05, 3.63) is 41.3 Å². The number of aryl methyl sites for hydroxylation is 1. The largest absolute Gasteiger partial charge is 0.416 e. The first-order chi connectivity index (χ1) is 7.03. The number of alkyl halides is 6. The van der Waals surface area contributed by atoms with Crippen LogP contribution in [0.4, 0.5) is 26.3 Å². The van der Waals surface area contributed by atoms with E-state index in [1.165, 1.54) is 6.92 Å². The topological polar surface area (TPSA) is 0 Å². The SMILES string of the molecule is [CH2]c1c(C(F)(F)F)cc(C)cc1C(F)(F)F. The molecule has 89 valence electrons. The van der Waals surface area contributed by atoms with Crippen molar-refractivity contribution in [3.63, 3.8) is 0 Å². The van der Waals surface area contributed by atoms with E-state index in [4.69, 9.17) is 0 Å². The lowest BCUT2D eigenvalue weighted by molar-refractivity contribution is -0.143. The van der Waals surface area contributed by atoms with Crippen LogP contribution in [0, 0.1) is 13.8 Å². The lowest BCUT2D eigenvalue weighted by Crippen LogP contribution is -2.15. The van der Waals surface area contributed by atoms with Gasteiger partial charge in [0, 0.05) is 0 Å². The fourth-order valence-electron chi connectivity index (χ4n) is 1.32. The Hall–Kier alpha value is -1.20. The van der Waals surface area contributed by atoms with Crippen molar-refractivity contribution in [1.29, 1.82) is 0 Å². The molecule has 0 aromatic heterocycles. The van der Waals surface area contributed by atoms with Crippen molar-refractivity contribution in [1.82, 2.24) is 0 Å². The number of hydrogen-bond acceptors (Lipinski definition) is 0. The zero-order valence-corrected chi connectivity index (χ0v) is 8.13. The fourth-order valence-corrected chi connectivity index (χ4v) is 1.32. The maximum atomic E-state index is 12.4. The van der Waals surface area contributed by atoms with Gasteiger partial charge < -0.3 is 0 Å². The van der Waals surface area contributed by atoms with Gasteiger partial charge in [-0.05, 0) is 37.1 Å². The molecule has 0 aliphatic heterocycles. The van der Waals surface area contributed by atoms with Crippen LogP contribution in [-0.4, -0.2) is 0 Å². The van der Waals surface area contributed by atoms with Crippen LogP contribution in [-0.2, 0) is 12.4 Å². The Labute approximate surface area is 87.9 Å². The second-order valence-electron chi connectivity index (χ2n) is 3.33. The average molecular weight is 241 g/mol. The molecule has 6 heteroatoms. The van der Waals surface area contributed by atoms with Crippen LogP contribution in [0.3, 0.4) is 0 Å².